The Balaban J connectivity index is 2.82. The van der Waals surface area contributed by atoms with E-state index in [9.17, 15) is 13.6 Å². The number of amides is 2. The van der Waals surface area contributed by atoms with E-state index in [2.05, 4.69) is 26.6 Å². The van der Waals surface area contributed by atoms with E-state index >= 15 is 0 Å². The molecular formula is C11H13BrF2N2O. The lowest BCUT2D eigenvalue weighted by molar-refractivity contribution is 0.243. The first-order valence-corrected chi connectivity index (χ1v) is 5.72. The second-order valence-electron chi connectivity index (χ2n) is 4.58. The molecule has 17 heavy (non-hydrogen) atoms. The summed E-state index contributed by atoms with van der Waals surface area (Å²) < 4.78 is 26.6. The highest BCUT2D eigenvalue weighted by Crippen LogP contribution is 2.23. The fourth-order valence-corrected chi connectivity index (χ4v) is 1.43. The molecule has 0 aliphatic rings. The van der Waals surface area contributed by atoms with Gasteiger partial charge in [-0.2, -0.15) is 0 Å². The van der Waals surface area contributed by atoms with Crippen molar-refractivity contribution in [2.24, 2.45) is 0 Å². The molecule has 94 valence electrons. The average Bonchev–Trinajstić information content (AvgIpc) is 2.11. The van der Waals surface area contributed by atoms with Crippen molar-refractivity contribution in [3.63, 3.8) is 0 Å². The molecule has 2 amide bonds. The molecule has 0 saturated heterocycles. The third kappa shape index (κ3) is 4.30. The minimum Gasteiger partial charge on any atom is -0.333 e. The molecule has 3 nitrogen and oxygen atoms in total. The zero-order chi connectivity index (χ0) is 13.2. The molecule has 2 N–H and O–H groups in total. The largest absolute Gasteiger partial charge is 0.333 e. The molecule has 0 unspecified atom stereocenters. The number of anilines is 1. The van der Waals surface area contributed by atoms with Crippen molar-refractivity contribution in [2.45, 2.75) is 26.3 Å². The molecule has 0 atom stereocenters. The van der Waals surface area contributed by atoms with Gasteiger partial charge in [0.2, 0.25) is 0 Å². The third-order valence-corrected chi connectivity index (χ3v) is 2.35. The highest BCUT2D eigenvalue weighted by Gasteiger charge is 2.16. The summed E-state index contributed by atoms with van der Waals surface area (Å²) in [5.74, 6) is -1.35. The third-order valence-electron chi connectivity index (χ3n) is 1.75. The topological polar surface area (TPSA) is 41.1 Å². The number of halogens is 3. The van der Waals surface area contributed by atoms with Crippen LogP contribution in [0.2, 0.25) is 0 Å². The molecule has 0 radical (unpaired) electrons. The van der Waals surface area contributed by atoms with Crippen molar-refractivity contribution in [3.05, 3.63) is 28.2 Å². The van der Waals surface area contributed by atoms with Gasteiger partial charge in [0.25, 0.3) is 0 Å². The zero-order valence-corrected chi connectivity index (χ0v) is 11.3. The van der Waals surface area contributed by atoms with E-state index in [-0.39, 0.29) is 10.2 Å². The molecular weight excluding hydrogens is 294 g/mol. The van der Waals surface area contributed by atoms with E-state index in [1.54, 1.807) is 20.8 Å². The average molecular weight is 307 g/mol. The molecule has 0 aromatic heterocycles. The molecule has 1 rings (SSSR count). The Kier molecular flexibility index (Phi) is 4.08. The molecule has 0 aliphatic heterocycles. The van der Waals surface area contributed by atoms with Crippen LogP contribution in [-0.4, -0.2) is 11.6 Å². The number of rotatable bonds is 1. The Labute approximate surface area is 107 Å². The van der Waals surface area contributed by atoms with Gasteiger partial charge < -0.3 is 10.6 Å². The molecule has 0 aliphatic carbocycles. The number of benzene rings is 1. The van der Waals surface area contributed by atoms with Gasteiger partial charge in [-0.15, -0.1) is 0 Å². The van der Waals surface area contributed by atoms with Crippen LogP contribution in [0.4, 0.5) is 19.3 Å². The van der Waals surface area contributed by atoms with Gasteiger partial charge in [-0.1, -0.05) is 0 Å². The van der Waals surface area contributed by atoms with Gasteiger partial charge in [-0.05, 0) is 42.8 Å². The number of nitrogens with one attached hydrogen (secondary N) is 2. The van der Waals surface area contributed by atoms with Crippen molar-refractivity contribution < 1.29 is 13.6 Å². The van der Waals surface area contributed by atoms with Crippen LogP contribution < -0.4 is 10.6 Å². The summed E-state index contributed by atoms with van der Waals surface area (Å²) in [6.45, 7) is 5.35. The van der Waals surface area contributed by atoms with Crippen molar-refractivity contribution in [3.8, 4) is 0 Å². The highest BCUT2D eigenvalue weighted by atomic mass is 79.9. The van der Waals surface area contributed by atoms with Crippen molar-refractivity contribution in [2.75, 3.05) is 5.32 Å². The highest BCUT2D eigenvalue weighted by molar-refractivity contribution is 9.10. The maximum atomic E-state index is 13.4. The standard InChI is InChI=1S/C11H13BrF2N2O/c1-11(2,3)16-10(17)15-9-5-7(13)6(12)4-8(9)14/h4-5H,1-3H3,(H2,15,16,17). The van der Waals surface area contributed by atoms with E-state index in [0.29, 0.717) is 0 Å². The first kappa shape index (κ1) is 13.9. The molecule has 0 saturated carbocycles. The second kappa shape index (κ2) is 5.00. The SMILES string of the molecule is CC(C)(C)NC(=O)Nc1cc(F)c(Br)cc1F. The molecule has 0 bridgehead atoms. The lowest BCUT2D eigenvalue weighted by Crippen LogP contribution is -2.43. The number of carbonyl (C=O) groups is 1. The van der Waals surface area contributed by atoms with E-state index in [4.69, 9.17) is 0 Å². The van der Waals surface area contributed by atoms with Crippen LogP contribution in [-0.2, 0) is 0 Å². The smallest absolute Gasteiger partial charge is 0.319 e. The van der Waals surface area contributed by atoms with Gasteiger partial charge in [0, 0.05) is 11.6 Å². The zero-order valence-electron chi connectivity index (χ0n) is 9.70. The van der Waals surface area contributed by atoms with Crippen molar-refractivity contribution in [1.82, 2.24) is 5.32 Å². The predicted molar refractivity (Wildman–Crippen MR) is 66.0 cm³/mol. The molecule has 0 heterocycles. The van der Waals surface area contributed by atoms with Crippen LogP contribution in [0.15, 0.2) is 16.6 Å². The Morgan fingerprint density at radius 2 is 1.82 bits per heavy atom. The van der Waals surface area contributed by atoms with Gasteiger partial charge in [-0.25, -0.2) is 13.6 Å². The van der Waals surface area contributed by atoms with E-state index in [1.165, 1.54) is 0 Å². The minimum absolute atomic E-state index is 0.0109. The Morgan fingerprint density at radius 3 is 2.35 bits per heavy atom. The molecule has 0 spiro atoms. The summed E-state index contributed by atoms with van der Waals surface area (Å²) >= 11 is 2.85. The molecule has 0 fully saturated rings. The van der Waals surface area contributed by atoms with E-state index < -0.39 is 23.2 Å². The second-order valence-corrected chi connectivity index (χ2v) is 5.43. The molecule has 1 aromatic carbocycles. The number of carbonyl (C=O) groups excluding carboxylic acids is 1. The fourth-order valence-electron chi connectivity index (χ4n) is 1.11. The van der Waals surface area contributed by atoms with Gasteiger partial charge in [-0.3, -0.25) is 0 Å². The van der Waals surface area contributed by atoms with Crippen LogP contribution in [0, 0.1) is 11.6 Å². The quantitative estimate of drug-likeness (QED) is 0.764. The number of urea groups is 1. The van der Waals surface area contributed by atoms with Crippen LogP contribution in [0.1, 0.15) is 20.8 Å². The number of hydrogen-bond donors (Lipinski definition) is 2. The van der Waals surface area contributed by atoms with Crippen molar-refractivity contribution in [1.29, 1.82) is 0 Å². The fraction of sp³-hybridized carbons (Fsp3) is 0.364. The summed E-state index contributed by atoms with van der Waals surface area (Å²) in [5, 5.41) is 4.83. The van der Waals surface area contributed by atoms with Gasteiger partial charge in [0.1, 0.15) is 11.6 Å². The van der Waals surface area contributed by atoms with Gasteiger partial charge in [0.05, 0.1) is 10.2 Å². The van der Waals surface area contributed by atoms with Crippen molar-refractivity contribution >= 4 is 27.6 Å². The number of hydrogen-bond acceptors (Lipinski definition) is 1. The van der Waals surface area contributed by atoms with Crippen LogP contribution >= 0.6 is 15.9 Å². The van der Waals surface area contributed by atoms with Crippen LogP contribution in [0.5, 0.6) is 0 Å². The summed E-state index contributed by atoms with van der Waals surface area (Å²) in [5.41, 5.74) is -0.651. The Morgan fingerprint density at radius 1 is 1.24 bits per heavy atom. The minimum atomic E-state index is -0.706. The maximum Gasteiger partial charge on any atom is 0.319 e. The Bertz CT molecular complexity index is 444. The van der Waals surface area contributed by atoms with Gasteiger partial charge in [0.15, 0.2) is 0 Å². The monoisotopic (exact) mass is 306 g/mol. The van der Waals surface area contributed by atoms with E-state index in [1.807, 2.05) is 0 Å². The Hall–Kier alpha value is -1.17. The normalized spacial score (nSPS) is 11.2. The first-order valence-electron chi connectivity index (χ1n) is 4.93. The van der Waals surface area contributed by atoms with Crippen LogP contribution in [0.3, 0.4) is 0 Å². The lowest BCUT2D eigenvalue weighted by atomic mass is 10.1. The molecule has 6 heteroatoms. The summed E-state index contributed by atoms with van der Waals surface area (Å²) in [4.78, 5) is 11.5. The summed E-state index contributed by atoms with van der Waals surface area (Å²) in [6, 6.07) is 1.29. The first-order chi connectivity index (χ1) is 7.69. The predicted octanol–water partition coefficient (Wildman–Crippen LogP) is 3.65. The summed E-state index contributed by atoms with van der Waals surface area (Å²) in [7, 11) is 0. The van der Waals surface area contributed by atoms with Crippen LogP contribution in [0.25, 0.3) is 0 Å². The lowest BCUT2D eigenvalue weighted by Gasteiger charge is -2.20. The van der Waals surface area contributed by atoms with E-state index in [0.717, 1.165) is 12.1 Å². The molecule has 1 aromatic rings. The summed E-state index contributed by atoms with van der Waals surface area (Å²) in [6.07, 6.45) is 0. The maximum absolute atomic E-state index is 13.4. The van der Waals surface area contributed by atoms with Gasteiger partial charge >= 0.3 is 6.03 Å².